The van der Waals surface area contributed by atoms with Crippen molar-refractivity contribution < 1.29 is 9.53 Å². The molecule has 1 aliphatic rings. The molecule has 0 saturated heterocycles. The molecular weight excluding hydrogens is 260 g/mol. The summed E-state index contributed by atoms with van der Waals surface area (Å²) >= 11 is 1.69. The van der Waals surface area contributed by atoms with Crippen molar-refractivity contribution in [3.63, 3.8) is 0 Å². The Kier molecular flexibility index (Phi) is 4.50. The second-order valence-corrected chi connectivity index (χ2v) is 6.35. The molecule has 0 aliphatic carbocycles. The first-order valence-electron chi connectivity index (χ1n) is 6.29. The Labute approximate surface area is 118 Å². The predicted molar refractivity (Wildman–Crippen MR) is 78.6 cm³/mol. The van der Waals surface area contributed by atoms with E-state index in [0.29, 0.717) is 6.67 Å². The first kappa shape index (κ1) is 14.4. The van der Waals surface area contributed by atoms with Crippen LogP contribution >= 0.6 is 11.8 Å². The molecule has 19 heavy (non-hydrogen) atoms. The van der Waals surface area contributed by atoms with Gasteiger partial charge in [0.2, 0.25) is 0 Å². The Morgan fingerprint density at radius 1 is 1.37 bits per heavy atom. The number of ether oxygens (including phenoxy) is 1. The van der Waals surface area contributed by atoms with E-state index in [-0.39, 0.29) is 11.2 Å². The standard InChI is InChI=1S/C14H20N2O2S/c1-10-13(18-4)14(17)16(9-15(2)3)11-7-5-6-8-12(11)19-10/h5-8,10,13H,9H2,1-4H3. The van der Waals surface area contributed by atoms with Gasteiger partial charge in [-0.3, -0.25) is 14.6 Å². The number of carbonyl (C=O) groups excluding carboxylic acids is 1. The van der Waals surface area contributed by atoms with E-state index >= 15 is 0 Å². The second kappa shape index (κ2) is 5.94. The number of methoxy groups -OCH3 is 1. The molecule has 2 unspecified atom stereocenters. The summed E-state index contributed by atoms with van der Waals surface area (Å²) in [5, 5.41) is 0.103. The molecule has 2 rings (SSSR count). The number of benzene rings is 1. The molecule has 0 spiro atoms. The molecule has 0 N–H and O–H groups in total. The molecule has 0 bridgehead atoms. The molecule has 4 nitrogen and oxygen atoms in total. The van der Waals surface area contributed by atoms with Gasteiger partial charge in [-0.25, -0.2) is 0 Å². The van der Waals surface area contributed by atoms with Crippen molar-refractivity contribution in [2.75, 3.05) is 32.8 Å². The van der Waals surface area contributed by atoms with Crippen LogP contribution in [0.3, 0.4) is 0 Å². The normalized spacial score (nSPS) is 23.4. The number of anilines is 1. The lowest BCUT2D eigenvalue weighted by molar-refractivity contribution is -0.128. The van der Waals surface area contributed by atoms with Gasteiger partial charge in [0.05, 0.1) is 12.4 Å². The van der Waals surface area contributed by atoms with Crippen LogP contribution in [0.2, 0.25) is 0 Å². The number of fused-ring (bicyclic) bond motifs is 1. The topological polar surface area (TPSA) is 32.8 Å². The highest BCUT2D eigenvalue weighted by molar-refractivity contribution is 8.00. The van der Waals surface area contributed by atoms with Crippen LogP contribution in [0, 0.1) is 0 Å². The van der Waals surface area contributed by atoms with E-state index in [4.69, 9.17) is 4.74 Å². The van der Waals surface area contributed by atoms with Crippen molar-refractivity contribution in [2.24, 2.45) is 0 Å². The summed E-state index contributed by atoms with van der Waals surface area (Å²) in [7, 11) is 5.52. The van der Waals surface area contributed by atoms with Crippen LogP contribution in [0.4, 0.5) is 5.69 Å². The SMILES string of the molecule is COC1C(=O)N(CN(C)C)c2ccccc2SC1C. The zero-order chi connectivity index (χ0) is 14.0. The van der Waals surface area contributed by atoms with Gasteiger partial charge in [-0.05, 0) is 33.2 Å². The lowest BCUT2D eigenvalue weighted by Gasteiger charge is -2.28. The Morgan fingerprint density at radius 2 is 2.05 bits per heavy atom. The zero-order valence-electron chi connectivity index (χ0n) is 11.8. The van der Waals surface area contributed by atoms with Gasteiger partial charge >= 0.3 is 0 Å². The van der Waals surface area contributed by atoms with Gasteiger partial charge in [-0.15, -0.1) is 11.8 Å². The maximum atomic E-state index is 12.6. The molecule has 5 heteroatoms. The minimum atomic E-state index is -0.405. The van der Waals surface area contributed by atoms with E-state index in [9.17, 15) is 4.79 Å². The Hall–Kier alpha value is -1.04. The van der Waals surface area contributed by atoms with Gasteiger partial charge in [0.1, 0.15) is 6.10 Å². The van der Waals surface area contributed by atoms with Crippen LogP contribution < -0.4 is 4.90 Å². The van der Waals surface area contributed by atoms with Crippen LogP contribution in [-0.4, -0.2) is 50.0 Å². The van der Waals surface area contributed by atoms with Gasteiger partial charge in [0.15, 0.2) is 0 Å². The first-order chi connectivity index (χ1) is 9.04. The summed E-state index contributed by atoms with van der Waals surface area (Å²) in [6.07, 6.45) is -0.405. The smallest absolute Gasteiger partial charge is 0.258 e. The number of carbonyl (C=O) groups is 1. The highest BCUT2D eigenvalue weighted by atomic mass is 32.2. The Morgan fingerprint density at radius 3 is 2.68 bits per heavy atom. The monoisotopic (exact) mass is 280 g/mol. The maximum Gasteiger partial charge on any atom is 0.258 e. The third kappa shape index (κ3) is 2.94. The highest BCUT2D eigenvalue weighted by Crippen LogP contribution is 2.38. The molecule has 1 aliphatic heterocycles. The van der Waals surface area contributed by atoms with E-state index in [1.165, 1.54) is 0 Å². The van der Waals surface area contributed by atoms with Crippen LogP contribution in [0.1, 0.15) is 6.92 Å². The number of hydrogen-bond acceptors (Lipinski definition) is 4. The molecule has 1 aromatic rings. The van der Waals surface area contributed by atoms with Crippen molar-refractivity contribution in [2.45, 2.75) is 23.2 Å². The predicted octanol–water partition coefficient (Wildman–Crippen LogP) is 2.05. The summed E-state index contributed by atoms with van der Waals surface area (Å²) in [6, 6.07) is 8.02. The van der Waals surface area contributed by atoms with E-state index in [2.05, 4.69) is 6.07 Å². The van der Waals surface area contributed by atoms with E-state index in [1.54, 1.807) is 23.8 Å². The molecular formula is C14H20N2O2S. The fraction of sp³-hybridized carbons (Fsp3) is 0.500. The van der Waals surface area contributed by atoms with Crippen molar-refractivity contribution >= 4 is 23.4 Å². The molecule has 0 aromatic heterocycles. The third-order valence-corrected chi connectivity index (χ3v) is 4.30. The van der Waals surface area contributed by atoms with E-state index in [0.717, 1.165) is 10.6 Å². The molecule has 104 valence electrons. The molecule has 0 radical (unpaired) electrons. The zero-order valence-corrected chi connectivity index (χ0v) is 12.6. The molecule has 0 saturated carbocycles. The number of rotatable bonds is 3. The molecule has 1 heterocycles. The van der Waals surface area contributed by atoms with Gasteiger partial charge in [0, 0.05) is 17.3 Å². The fourth-order valence-corrected chi connectivity index (χ4v) is 3.44. The number of hydrogen-bond donors (Lipinski definition) is 0. The largest absolute Gasteiger partial charge is 0.370 e. The number of nitrogens with zero attached hydrogens (tertiary/aromatic N) is 2. The maximum absolute atomic E-state index is 12.6. The first-order valence-corrected chi connectivity index (χ1v) is 7.17. The Bertz CT molecular complexity index is 465. The molecule has 1 aromatic carbocycles. The summed E-state index contributed by atoms with van der Waals surface area (Å²) in [5.41, 5.74) is 0.970. The van der Waals surface area contributed by atoms with Crippen molar-refractivity contribution in [1.82, 2.24) is 4.90 Å². The van der Waals surface area contributed by atoms with Crippen molar-refractivity contribution in [3.8, 4) is 0 Å². The molecule has 2 atom stereocenters. The summed E-state index contributed by atoms with van der Waals surface area (Å²) in [5.74, 6) is 0.0288. The summed E-state index contributed by atoms with van der Waals surface area (Å²) < 4.78 is 5.41. The summed E-state index contributed by atoms with van der Waals surface area (Å²) in [4.78, 5) is 17.6. The van der Waals surface area contributed by atoms with Gasteiger partial charge in [0.25, 0.3) is 5.91 Å². The van der Waals surface area contributed by atoms with Gasteiger partial charge in [-0.2, -0.15) is 0 Å². The minimum absolute atomic E-state index is 0.0288. The van der Waals surface area contributed by atoms with Crippen LogP contribution in [-0.2, 0) is 9.53 Å². The van der Waals surface area contributed by atoms with Gasteiger partial charge < -0.3 is 4.74 Å². The highest BCUT2D eigenvalue weighted by Gasteiger charge is 2.35. The van der Waals surface area contributed by atoms with Gasteiger partial charge in [-0.1, -0.05) is 12.1 Å². The van der Waals surface area contributed by atoms with E-state index < -0.39 is 6.10 Å². The summed E-state index contributed by atoms with van der Waals surface area (Å²) in [6.45, 7) is 2.59. The molecule has 0 fully saturated rings. The number of amides is 1. The average Bonchev–Trinajstić information content (AvgIpc) is 2.45. The number of thioether (sulfide) groups is 1. The van der Waals surface area contributed by atoms with Crippen LogP contribution in [0.25, 0.3) is 0 Å². The third-order valence-electron chi connectivity index (χ3n) is 3.08. The fourth-order valence-electron chi connectivity index (χ4n) is 2.24. The second-order valence-electron chi connectivity index (χ2n) is 4.93. The van der Waals surface area contributed by atoms with Crippen LogP contribution in [0.15, 0.2) is 29.2 Å². The quantitative estimate of drug-likeness (QED) is 0.848. The average molecular weight is 280 g/mol. The number of para-hydroxylation sites is 1. The molecule has 1 amide bonds. The van der Waals surface area contributed by atoms with Crippen LogP contribution in [0.5, 0.6) is 0 Å². The van der Waals surface area contributed by atoms with Crippen molar-refractivity contribution in [1.29, 1.82) is 0 Å². The van der Waals surface area contributed by atoms with Crippen molar-refractivity contribution in [3.05, 3.63) is 24.3 Å². The van der Waals surface area contributed by atoms with E-state index in [1.807, 2.05) is 44.1 Å². The Balaban J connectivity index is 2.44. The lowest BCUT2D eigenvalue weighted by Crippen LogP contribution is -2.46. The minimum Gasteiger partial charge on any atom is -0.370 e. The lowest BCUT2D eigenvalue weighted by atomic mass is 10.2.